The molecule has 1 fully saturated rings. The molecule has 9 heteroatoms. The van der Waals surface area contributed by atoms with Gasteiger partial charge in [-0.2, -0.15) is 13.2 Å². The number of alkyl carbamates (subject to hydrolysis) is 1. The van der Waals surface area contributed by atoms with Crippen LogP contribution in [0.5, 0.6) is 0 Å². The molecule has 1 aliphatic heterocycles. The summed E-state index contributed by atoms with van der Waals surface area (Å²) in [6.45, 7) is 6.78. The number of rotatable bonds is 2. The highest BCUT2D eigenvalue weighted by Crippen LogP contribution is 2.35. The monoisotopic (exact) mass is 401 g/mol. The van der Waals surface area contributed by atoms with Crippen LogP contribution < -0.4 is 10.2 Å². The molecule has 0 aliphatic carbocycles. The molecule has 5 nitrogen and oxygen atoms in total. The van der Waals surface area contributed by atoms with Crippen LogP contribution in [0.2, 0.25) is 0 Å². The van der Waals surface area contributed by atoms with Gasteiger partial charge in [0.15, 0.2) is 5.13 Å². The van der Waals surface area contributed by atoms with Gasteiger partial charge in [0.05, 0.1) is 15.8 Å². The minimum atomic E-state index is -4.37. The molecular formula is C18H22F3N3O2S. The number of carbonyl (C=O) groups excluding carboxylic acids is 1. The zero-order chi connectivity index (χ0) is 19.8. The number of nitrogens with zero attached hydrogens (tertiary/aromatic N) is 2. The Kier molecular flexibility index (Phi) is 5.24. The number of nitrogens with one attached hydrogen (secondary N) is 1. The highest BCUT2D eigenvalue weighted by molar-refractivity contribution is 7.22. The van der Waals surface area contributed by atoms with Crippen LogP contribution in [-0.4, -0.2) is 35.8 Å². The van der Waals surface area contributed by atoms with Gasteiger partial charge in [0.25, 0.3) is 0 Å². The lowest BCUT2D eigenvalue weighted by Gasteiger charge is -2.32. The summed E-state index contributed by atoms with van der Waals surface area (Å²) in [6, 6.07) is 3.66. The average molecular weight is 401 g/mol. The fraction of sp³-hybridized carbons (Fsp3) is 0.556. The Morgan fingerprint density at radius 2 is 1.93 bits per heavy atom. The van der Waals surface area contributed by atoms with Crippen LogP contribution in [-0.2, 0) is 10.9 Å². The van der Waals surface area contributed by atoms with Crippen molar-refractivity contribution >= 4 is 32.8 Å². The first kappa shape index (κ1) is 19.7. The number of ether oxygens (including phenoxy) is 1. The predicted molar refractivity (Wildman–Crippen MR) is 99.2 cm³/mol. The number of hydrogen-bond acceptors (Lipinski definition) is 5. The highest BCUT2D eigenvalue weighted by atomic mass is 32.1. The molecule has 0 atom stereocenters. The van der Waals surface area contributed by atoms with Crippen molar-refractivity contribution in [2.24, 2.45) is 0 Å². The lowest BCUT2D eigenvalue weighted by atomic mass is 10.1. The standard InChI is InChI=1S/C18H22F3N3O2S/c1-17(2,3)26-16(25)22-12-6-8-24(9-7-12)15-23-13-10-11(18(19,20)21)4-5-14(13)27-15/h4-5,10,12H,6-9H2,1-3H3,(H,22,25). The predicted octanol–water partition coefficient (Wildman–Crippen LogP) is 4.81. The lowest BCUT2D eigenvalue weighted by molar-refractivity contribution is -0.137. The number of thiazole rings is 1. The van der Waals surface area contributed by atoms with E-state index in [9.17, 15) is 18.0 Å². The molecule has 0 radical (unpaired) electrons. The molecule has 1 aliphatic rings. The van der Waals surface area contributed by atoms with Crippen molar-refractivity contribution in [3.63, 3.8) is 0 Å². The summed E-state index contributed by atoms with van der Waals surface area (Å²) in [4.78, 5) is 18.3. The van der Waals surface area contributed by atoms with Crippen molar-refractivity contribution in [2.75, 3.05) is 18.0 Å². The first-order valence-electron chi connectivity index (χ1n) is 8.73. The smallest absolute Gasteiger partial charge is 0.416 e. The fourth-order valence-corrected chi connectivity index (χ4v) is 3.91. The Labute approximate surface area is 159 Å². The van der Waals surface area contributed by atoms with E-state index in [-0.39, 0.29) is 6.04 Å². The van der Waals surface area contributed by atoms with E-state index in [4.69, 9.17) is 4.74 Å². The molecule has 1 N–H and O–H groups in total. The first-order valence-corrected chi connectivity index (χ1v) is 9.55. The van der Waals surface area contributed by atoms with Crippen LogP contribution >= 0.6 is 11.3 Å². The summed E-state index contributed by atoms with van der Waals surface area (Å²) >= 11 is 1.38. The van der Waals surface area contributed by atoms with Gasteiger partial charge in [-0.25, -0.2) is 9.78 Å². The van der Waals surface area contributed by atoms with E-state index in [1.807, 2.05) is 25.7 Å². The van der Waals surface area contributed by atoms with Crippen LogP contribution in [0.25, 0.3) is 10.2 Å². The fourth-order valence-electron chi connectivity index (χ4n) is 2.92. The quantitative estimate of drug-likeness (QED) is 0.785. The maximum atomic E-state index is 12.8. The van der Waals surface area contributed by atoms with Gasteiger partial charge in [-0.3, -0.25) is 0 Å². The zero-order valence-electron chi connectivity index (χ0n) is 15.4. The molecule has 1 saturated heterocycles. The van der Waals surface area contributed by atoms with E-state index in [0.29, 0.717) is 23.7 Å². The van der Waals surface area contributed by atoms with Crippen LogP contribution in [0.3, 0.4) is 0 Å². The van der Waals surface area contributed by atoms with E-state index in [1.165, 1.54) is 17.4 Å². The Morgan fingerprint density at radius 3 is 2.52 bits per heavy atom. The molecule has 3 rings (SSSR count). The number of piperidine rings is 1. The summed E-state index contributed by atoms with van der Waals surface area (Å²) in [6.07, 6.45) is -3.35. The summed E-state index contributed by atoms with van der Waals surface area (Å²) in [5, 5.41) is 3.58. The summed E-state index contributed by atoms with van der Waals surface area (Å²) < 4.78 is 44.5. The SMILES string of the molecule is CC(C)(C)OC(=O)NC1CCN(c2nc3cc(C(F)(F)F)ccc3s2)CC1. The maximum Gasteiger partial charge on any atom is 0.416 e. The third-order valence-electron chi connectivity index (χ3n) is 4.19. The van der Waals surface area contributed by atoms with E-state index in [2.05, 4.69) is 10.3 Å². The van der Waals surface area contributed by atoms with Crippen molar-refractivity contribution in [3.05, 3.63) is 23.8 Å². The van der Waals surface area contributed by atoms with Crippen molar-refractivity contribution < 1.29 is 22.7 Å². The number of carbonyl (C=O) groups is 1. The number of alkyl halides is 3. The molecule has 148 valence electrons. The van der Waals surface area contributed by atoms with E-state index >= 15 is 0 Å². The van der Waals surface area contributed by atoms with Crippen molar-refractivity contribution in [1.82, 2.24) is 10.3 Å². The third-order valence-corrected chi connectivity index (χ3v) is 5.29. The zero-order valence-corrected chi connectivity index (χ0v) is 16.2. The second-order valence-electron chi connectivity index (χ2n) is 7.58. The molecular weight excluding hydrogens is 379 g/mol. The van der Waals surface area contributed by atoms with Crippen LogP contribution in [0.4, 0.5) is 23.1 Å². The normalized spacial score (nSPS) is 16.6. The molecule has 2 aromatic rings. The first-order chi connectivity index (χ1) is 12.5. The van der Waals surface area contributed by atoms with Crippen LogP contribution in [0.15, 0.2) is 18.2 Å². The van der Waals surface area contributed by atoms with Gasteiger partial charge in [0, 0.05) is 19.1 Å². The molecule has 0 saturated carbocycles. The minimum Gasteiger partial charge on any atom is -0.444 e. The molecule has 1 aromatic carbocycles. The molecule has 0 bridgehead atoms. The van der Waals surface area contributed by atoms with Gasteiger partial charge in [-0.05, 0) is 51.8 Å². The number of aromatic nitrogens is 1. The molecule has 0 unspecified atom stereocenters. The van der Waals surface area contributed by atoms with E-state index in [1.54, 1.807) is 0 Å². The molecule has 0 spiro atoms. The van der Waals surface area contributed by atoms with E-state index < -0.39 is 23.4 Å². The highest BCUT2D eigenvalue weighted by Gasteiger charge is 2.31. The van der Waals surface area contributed by atoms with Gasteiger partial charge in [-0.15, -0.1) is 0 Å². The maximum absolute atomic E-state index is 12.8. The molecule has 2 heterocycles. The molecule has 1 amide bonds. The van der Waals surface area contributed by atoms with Gasteiger partial charge < -0.3 is 15.0 Å². The largest absolute Gasteiger partial charge is 0.444 e. The van der Waals surface area contributed by atoms with E-state index in [0.717, 1.165) is 29.7 Å². The molecule has 1 aromatic heterocycles. The number of hydrogen-bond donors (Lipinski definition) is 1. The second-order valence-corrected chi connectivity index (χ2v) is 8.59. The van der Waals surface area contributed by atoms with Crippen LogP contribution in [0, 0.1) is 0 Å². The Balaban J connectivity index is 1.62. The summed E-state index contributed by atoms with van der Waals surface area (Å²) in [7, 11) is 0. The van der Waals surface area contributed by atoms with Gasteiger partial charge in [-0.1, -0.05) is 11.3 Å². The van der Waals surface area contributed by atoms with Crippen molar-refractivity contribution in [1.29, 1.82) is 0 Å². The van der Waals surface area contributed by atoms with Gasteiger partial charge >= 0.3 is 12.3 Å². The third kappa shape index (κ3) is 5.03. The van der Waals surface area contributed by atoms with Gasteiger partial charge in [0.1, 0.15) is 5.60 Å². The average Bonchev–Trinajstić information content (AvgIpc) is 2.96. The summed E-state index contributed by atoms with van der Waals surface area (Å²) in [5.74, 6) is 0. The Hall–Kier alpha value is -2.03. The number of fused-ring (bicyclic) bond motifs is 1. The Morgan fingerprint density at radius 1 is 1.26 bits per heavy atom. The minimum absolute atomic E-state index is 0.0160. The number of benzene rings is 1. The molecule has 27 heavy (non-hydrogen) atoms. The van der Waals surface area contributed by atoms with Gasteiger partial charge in [0.2, 0.25) is 0 Å². The number of halogens is 3. The lowest BCUT2D eigenvalue weighted by Crippen LogP contribution is -2.46. The van der Waals surface area contributed by atoms with Crippen molar-refractivity contribution in [3.8, 4) is 0 Å². The topological polar surface area (TPSA) is 54.5 Å². The Bertz CT molecular complexity index is 821. The van der Waals surface area contributed by atoms with Crippen LogP contribution in [0.1, 0.15) is 39.2 Å². The number of anilines is 1. The van der Waals surface area contributed by atoms with Crippen molar-refractivity contribution in [2.45, 2.75) is 51.4 Å². The summed E-state index contributed by atoms with van der Waals surface area (Å²) in [5.41, 5.74) is -0.868. The second kappa shape index (κ2) is 7.18. The number of amides is 1.